The van der Waals surface area contributed by atoms with Crippen molar-refractivity contribution < 1.29 is 5.11 Å². The van der Waals surface area contributed by atoms with E-state index in [9.17, 15) is 0 Å². The van der Waals surface area contributed by atoms with E-state index in [1.165, 1.54) is 11.3 Å². The molecule has 2 aromatic carbocycles. The van der Waals surface area contributed by atoms with Crippen LogP contribution in [-0.2, 0) is 6.54 Å². The van der Waals surface area contributed by atoms with Crippen molar-refractivity contribution >= 4 is 5.69 Å². The van der Waals surface area contributed by atoms with E-state index >= 15 is 0 Å². The lowest BCUT2D eigenvalue weighted by molar-refractivity contribution is 0.181. The molecule has 1 N–H and O–H groups in total. The molecule has 1 atom stereocenters. The van der Waals surface area contributed by atoms with E-state index in [2.05, 4.69) is 71.0 Å². The first kappa shape index (κ1) is 16.6. The van der Waals surface area contributed by atoms with Crippen LogP contribution >= 0.6 is 0 Å². The van der Waals surface area contributed by atoms with Crippen LogP contribution in [0.1, 0.15) is 18.1 Å². The highest BCUT2D eigenvalue weighted by atomic mass is 16.2. The number of aliphatic hydroxyl groups excluding tert-OH is 1. The van der Waals surface area contributed by atoms with Gasteiger partial charge in [0.05, 0.1) is 0 Å². The third-order valence-corrected chi connectivity index (χ3v) is 4.54. The van der Waals surface area contributed by atoms with Gasteiger partial charge in [-0.3, -0.25) is 4.90 Å². The van der Waals surface area contributed by atoms with Crippen LogP contribution < -0.4 is 4.90 Å². The van der Waals surface area contributed by atoms with Crippen LogP contribution in [-0.4, -0.2) is 42.3 Å². The molecule has 2 aromatic rings. The van der Waals surface area contributed by atoms with Gasteiger partial charge in [0, 0.05) is 43.5 Å². The second-order valence-electron chi connectivity index (χ2n) is 6.26. The van der Waals surface area contributed by atoms with Crippen molar-refractivity contribution in [2.45, 2.75) is 19.5 Å². The van der Waals surface area contributed by atoms with Crippen LogP contribution in [0.5, 0.6) is 0 Å². The third-order valence-electron chi connectivity index (χ3n) is 4.54. The lowest BCUT2D eigenvalue weighted by Crippen LogP contribution is -2.51. The van der Waals surface area contributed by atoms with Crippen LogP contribution in [0.15, 0.2) is 54.6 Å². The molecule has 0 radical (unpaired) electrons. The van der Waals surface area contributed by atoms with Crippen LogP contribution in [0.4, 0.5) is 5.69 Å². The molecule has 3 nitrogen and oxygen atoms in total. The molecule has 1 aliphatic rings. The van der Waals surface area contributed by atoms with E-state index < -0.39 is 0 Å². The van der Waals surface area contributed by atoms with Gasteiger partial charge in [0.2, 0.25) is 0 Å². The maximum atomic E-state index is 8.75. The van der Waals surface area contributed by atoms with E-state index in [1.807, 2.05) is 12.1 Å². The number of nitrogens with zero attached hydrogens (tertiary/aromatic N) is 2. The molecule has 1 saturated heterocycles. The zero-order valence-electron chi connectivity index (χ0n) is 14.2. The first-order chi connectivity index (χ1) is 11.8. The Morgan fingerprint density at radius 3 is 2.46 bits per heavy atom. The average Bonchev–Trinajstić information content (AvgIpc) is 2.63. The topological polar surface area (TPSA) is 26.7 Å². The molecule has 24 heavy (non-hydrogen) atoms. The average molecular weight is 320 g/mol. The number of rotatable bonds is 3. The Bertz CT molecular complexity index is 700. The summed E-state index contributed by atoms with van der Waals surface area (Å²) in [4.78, 5) is 5.00. The predicted octanol–water partition coefficient (Wildman–Crippen LogP) is 2.74. The maximum Gasteiger partial charge on any atom is 0.104 e. The number of hydrogen-bond acceptors (Lipinski definition) is 3. The zero-order chi connectivity index (χ0) is 16.8. The number of hydrogen-bond donors (Lipinski definition) is 1. The second kappa shape index (κ2) is 8.01. The van der Waals surface area contributed by atoms with E-state index in [0.717, 1.165) is 31.7 Å². The van der Waals surface area contributed by atoms with E-state index in [4.69, 9.17) is 5.11 Å². The van der Waals surface area contributed by atoms with Crippen molar-refractivity contribution in [3.05, 3.63) is 65.7 Å². The Morgan fingerprint density at radius 2 is 1.79 bits per heavy atom. The van der Waals surface area contributed by atoms with Gasteiger partial charge in [-0.25, -0.2) is 0 Å². The minimum atomic E-state index is -0.0923. The van der Waals surface area contributed by atoms with Gasteiger partial charge in [-0.15, -0.1) is 0 Å². The van der Waals surface area contributed by atoms with Crippen molar-refractivity contribution in [2.24, 2.45) is 0 Å². The van der Waals surface area contributed by atoms with Crippen molar-refractivity contribution in [1.82, 2.24) is 4.90 Å². The van der Waals surface area contributed by atoms with Gasteiger partial charge >= 0.3 is 0 Å². The minimum Gasteiger partial charge on any atom is -0.384 e. The molecule has 0 amide bonds. The molecule has 1 fully saturated rings. The lowest BCUT2D eigenvalue weighted by Gasteiger charge is -2.41. The molecule has 0 saturated carbocycles. The quantitative estimate of drug-likeness (QED) is 0.881. The number of anilines is 1. The molecule has 0 bridgehead atoms. The largest absolute Gasteiger partial charge is 0.384 e. The van der Waals surface area contributed by atoms with Gasteiger partial charge in [0.25, 0.3) is 0 Å². The Morgan fingerprint density at radius 1 is 1.04 bits per heavy atom. The van der Waals surface area contributed by atoms with Gasteiger partial charge in [-0.2, -0.15) is 0 Å². The van der Waals surface area contributed by atoms with Crippen molar-refractivity contribution in [3.63, 3.8) is 0 Å². The SMILES string of the molecule is C[C@@H]1CN(c2ccccc2)CCN1Cc1ccc(C#CCO)cc1. The Balaban J connectivity index is 1.59. The molecular formula is C21H24N2O. The summed E-state index contributed by atoms with van der Waals surface area (Å²) < 4.78 is 0. The summed E-state index contributed by atoms with van der Waals surface area (Å²) in [7, 11) is 0. The summed E-state index contributed by atoms with van der Waals surface area (Å²) in [6.45, 7) is 6.37. The van der Waals surface area contributed by atoms with Gasteiger partial charge in [0.15, 0.2) is 0 Å². The number of aliphatic hydroxyl groups is 1. The van der Waals surface area contributed by atoms with E-state index in [0.29, 0.717) is 6.04 Å². The standard InChI is InChI=1S/C21H24N2O/c1-18-16-23(21-7-3-2-4-8-21)14-13-22(18)17-20-11-9-19(10-12-20)6-5-15-24/h2-4,7-12,18,24H,13-17H2,1H3/t18-/m1/s1. The van der Waals surface area contributed by atoms with Crippen molar-refractivity contribution in [1.29, 1.82) is 0 Å². The molecule has 0 spiro atoms. The fourth-order valence-corrected chi connectivity index (χ4v) is 3.17. The van der Waals surface area contributed by atoms with Crippen molar-refractivity contribution in [3.8, 4) is 11.8 Å². The van der Waals surface area contributed by atoms with E-state index in [-0.39, 0.29) is 6.61 Å². The lowest BCUT2D eigenvalue weighted by atomic mass is 10.1. The molecule has 0 unspecified atom stereocenters. The van der Waals surface area contributed by atoms with Crippen LogP contribution in [0.2, 0.25) is 0 Å². The first-order valence-electron chi connectivity index (χ1n) is 8.49. The van der Waals surface area contributed by atoms with Gasteiger partial charge in [-0.1, -0.05) is 42.2 Å². The molecule has 3 heteroatoms. The number of benzene rings is 2. The summed E-state index contributed by atoms with van der Waals surface area (Å²) in [5, 5.41) is 8.75. The highest BCUT2D eigenvalue weighted by molar-refractivity contribution is 5.46. The van der Waals surface area contributed by atoms with Crippen LogP contribution in [0.25, 0.3) is 0 Å². The third kappa shape index (κ3) is 4.17. The molecule has 1 aliphatic heterocycles. The molecular weight excluding hydrogens is 296 g/mol. The van der Waals surface area contributed by atoms with Gasteiger partial charge in [0.1, 0.15) is 6.61 Å². The second-order valence-corrected chi connectivity index (χ2v) is 6.26. The summed E-state index contributed by atoms with van der Waals surface area (Å²) in [5.74, 6) is 5.62. The van der Waals surface area contributed by atoms with Gasteiger partial charge < -0.3 is 10.0 Å². The van der Waals surface area contributed by atoms with E-state index in [1.54, 1.807) is 0 Å². The van der Waals surface area contributed by atoms with Gasteiger partial charge in [-0.05, 0) is 36.8 Å². The fourth-order valence-electron chi connectivity index (χ4n) is 3.17. The highest BCUT2D eigenvalue weighted by Gasteiger charge is 2.23. The fraction of sp³-hybridized carbons (Fsp3) is 0.333. The zero-order valence-corrected chi connectivity index (χ0v) is 14.2. The Hall–Kier alpha value is -2.28. The molecule has 0 aliphatic carbocycles. The predicted molar refractivity (Wildman–Crippen MR) is 98.9 cm³/mol. The highest BCUT2D eigenvalue weighted by Crippen LogP contribution is 2.20. The Kier molecular flexibility index (Phi) is 5.53. The van der Waals surface area contributed by atoms with Crippen LogP contribution in [0.3, 0.4) is 0 Å². The Labute approximate surface area is 144 Å². The summed E-state index contributed by atoms with van der Waals surface area (Å²) in [6.07, 6.45) is 0. The minimum absolute atomic E-state index is 0.0923. The molecule has 1 heterocycles. The first-order valence-corrected chi connectivity index (χ1v) is 8.49. The summed E-state index contributed by atoms with van der Waals surface area (Å²) in [5.41, 5.74) is 3.58. The summed E-state index contributed by atoms with van der Waals surface area (Å²) in [6, 6.07) is 19.5. The number of piperazine rings is 1. The smallest absolute Gasteiger partial charge is 0.104 e. The summed E-state index contributed by atoms with van der Waals surface area (Å²) >= 11 is 0. The number of para-hydroxylation sites is 1. The molecule has 3 rings (SSSR count). The normalized spacial score (nSPS) is 18.1. The van der Waals surface area contributed by atoms with Crippen molar-refractivity contribution in [2.75, 3.05) is 31.1 Å². The maximum absolute atomic E-state index is 8.75. The molecule has 0 aromatic heterocycles. The monoisotopic (exact) mass is 320 g/mol. The molecule has 124 valence electrons. The van der Waals surface area contributed by atoms with Crippen LogP contribution in [0, 0.1) is 11.8 Å².